The SMILES string of the molecule is C[C@@](Cc1cc2c(-c3ccccc3)c(-c3ccccc3)c1OCO2)(NC(=O)OCc1ccccc1)C(=O)OCCN1C(=O)CCC1=O. The van der Waals surface area contributed by atoms with Crippen molar-refractivity contribution in [3.63, 3.8) is 0 Å². The number of likely N-dealkylation sites (tertiary alicyclic amines) is 1. The maximum atomic E-state index is 13.8. The molecule has 3 aliphatic rings. The number of esters is 1. The topological polar surface area (TPSA) is 120 Å². The summed E-state index contributed by atoms with van der Waals surface area (Å²) in [4.78, 5) is 52.2. The first-order valence-electron chi connectivity index (χ1n) is 15.4. The lowest BCUT2D eigenvalue weighted by molar-refractivity contribution is -0.153. The molecule has 1 saturated heterocycles. The number of nitrogens with one attached hydrogen (secondary N) is 1. The second-order valence-corrected chi connectivity index (χ2v) is 11.5. The van der Waals surface area contributed by atoms with E-state index in [1.54, 1.807) is 6.92 Å². The van der Waals surface area contributed by atoms with E-state index in [0.717, 1.165) is 32.7 Å². The van der Waals surface area contributed by atoms with Crippen LogP contribution >= 0.6 is 0 Å². The molecular formula is C37H34N2O8. The average Bonchev–Trinajstić information content (AvgIpc) is 3.23. The quantitative estimate of drug-likeness (QED) is 0.166. The number of hydrogen-bond acceptors (Lipinski definition) is 8. The smallest absolute Gasteiger partial charge is 0.408 e. The minimum atomic E-state index is -1.64. The Kier molecular flexibility index (Phi) is 9.19. The molecule has 2 bridgehead atoms. The van der Waals surface area contributed by atoms with E-state index in [2.05, 4.69) is 5.32 Å². The van der Waals surface area contributed by atoms with Gasteiger partial charge < -0.3 is 24.3 Å². The van der Waals surface area contributed by atoms with E-state index in [1.807, 2.05) is 97.1 Å². The van der Waals surface area contributed by atoms with Crippen LogP contribution in [0.5, 0.6) is 11.5 Å². The predicted molar refractivity (Wildman–Crippen MR) is 172 cm³/mol. The van der Waals surface area contributed by atoms with E-state index in [1.165, 1.54) is 0 Å². The first-order valence-corrected chi connectivity index (χ1v) is 15.4. The van der Waals surface area contributed by atoms with Crippen molar-refractivity contribution >= 4 is 23.9 Å². The molecule has 10 nitrogen and oxygen atoms in total. The molecule has 1 fully saturated rings. The first kappa shape index (κ1) is 31.3. The highest BCUT2D eigenvalue weighted by Gasteiger charge is 2.40. The molecule has 4 aromatic carbocycles. The lowest BCUT2D eigenvalue weighted by Crippen LogP contribution is -2.55. The van der Waals surface area contributed by atoms with Gasteiger partial charge in [0, 0.05) is 36.0 Å². The molecule has 240 valence electrons. The predicted octanol–water partition coefficient (Wildman–Crippen LogP) is 5.67. The summed E-state index contributed by atoms with van der Waals surface area (Å²) in [5.74, 6) is -0.329. The number of nitrogens with zero attached hydrogens (tertiary/aromatic N) is 1. The van der Waals surface area contributed by atoms with Gasteiger partial charge in [0.05, 0.1) is 6.54 Å². The molecule has 3 aliphatic heterocycles. The molecule has 0 radical (unpaired) electrons. The molecular weight excluding hydrogens is 600 g/mol. The Morgan fingerprint density at radius 2 is 1.40 bits per heavy atom. The van der Waals surface area contributed by atoms with Crippen LogP contribution in [0.25, 0.3) is 22.3 Å². The highest BCUT2D eigenvalue weighted by Crippen LogP contribution is 2.49. The number of amides is 3. The van der Waals surface area contributed by atoms with Crippen LogP contribution < -0.4 is 14.8 Å². The van der Waals surface area contributed by atoms with Crippen molar-refractivity contribution in [2.45, 2.75) is 38.3 Å². The fourth-order valence-electron chi connectivity index (χ4n) is 5.82. The summed E-state index contributed by atoms with van der Waals surface area (Å²) in [5.41, 5.74) is 3.17. The van der Waals surface area contributed by atoms with E-state index < -0.39 is 17.6 Å². The molecule has 3 heterocycles. The summed E-state index contributed by atoms with van der Waals surface area (Å²) in [6.07, 6.45) is -0.602. The van der Waals surface area contributed by atoms with Crippen LogP contribution in [0.15, 0.2) is 97.1 Å². The van der Waals surface area contributed by atoms with Crippen LogP contribution in [0.3, 0.4) is 0 Å². The zero-order chi connectivity index (χ0) is 32.8. The van der Waals surface area contributed by atoms with E-state index in [-0.39, 0.29) is 57.6 Å². The molecule has 0 aliphatic carbocycles. The minimum Gasteiger partial charge on any atom is -0.462 e. The van der Waals surface area contributed by atoms with Crippen LogP contribution in [0, 0.1) is 0 Å². The molecule has 7 rings (SSSR count). The van der Waals surface area contributed by atoms with E-state index in [0.29, 0.717) is 17.1 Å². The lowest BCUT2D eigenvalue weighted by Gasteiger charge is -2.29. The summed E-state index contributed by atoms with van der Waals surface area (Å²) >= 11 is 0. The molecule has 10 heteroatoms. The fourth-order valence-corrected chi connectivity index (χ4v) is 5.82. The summed E-state index contributed by atoms with van der Waals surface area (Å²) in [5, 5.41) is 2.73. The maximum absolute atomic E-state index is 13.8. The van der Waals surface area contributed by atoms with Gasteiger partial charge in [-0.25, -0.2) is 9.59 Å². The van der Waals surface area contributed by atoms with Crippen molar-refractivity contribution in [2.24, 2.45) is 0 Å². The number of alkyl carbamates (subject to hydrolysis) is 1. The summed E-state index contributed by atoms with van der Waals surface area (Å²) in [6.45, 7) is 1.18. The first-order chi connectivity index (χ1) is 22.8. The van der Waals surface area contributed by atoms with Gasteiger partial charge in [-0.1, -0.05) is 91.0 Å². The summed E-state index contributed by atoms with van der Waals surface area (Å²) in [6, 6.07) is 30.5. The Morgan fingerprint density at radius 1 is 0.809 bits per heavy atom. The van der Waals surface area contributed by atoms with Crippen LogP contribution in [0.1, 0.15) is 30.9 Å². The monoisotopic (exact) mass is 634 g/mol. The Labute approximate surface area is 272 Å². The third-order valence-electron chi connectivity index (χ3n) is 8.15. The van der Waals surface area contributed by atoms with Gasteiger partial charge in [-0.05, 0) is 29.7 Å². The minimum absolute atomic E-state index is 0.00669. The number of ether oxygens (including phenoxy) is 4. The third kappa shape index (κ3) is 6.96. The van der Waals surface area contributed by atoms with Crippen molar-refractivity contribution < 1.29 is 38.1 Å². The van der Waals surface area contributed by atoms with Gasteiger partial charge in [0.15, 0.2) is 0 Å². The average molecular weight is 635 g/mol. The summed E-state index contributed by atoms with van der Waals surface area (Å²) in [7, 11) is 0. The Morgan fingerprint density at radius 3 is 2.04 bits per heavy atom. The van der Waals surface area contributed by atoms with Gasteiger partial charge in [-0.2, -0.15) is 0 Å². The van der Waals surface area contributed by atoms with Crippen LogP contribution in [-0.2, 0) is 36.9 Å². The second-order valence-electron chi connectivity index (χ2n) is 11.5. The fraction of sp³-hybridized carbons (Fsp3) is 0.243. The molecule has 0 unspecified atom stereocenters. The molecule has 0 aromatic heterocycles. The Bertz CT molecular complexity index is 1760. The van der Waals surface area contributed by atoms with Gasteiger partial charge in [-0.15, -0.1) is 0 Å². The van der Waals surface area contributed by atoms with Crippen molar-refractivity contribution in [3.8, 4) is 33.8 Å². The number of imide groups is 1. The normalized spacial score (nSPS) is 14.9. The molecule has 4 aromatic rings. The molecule has 47 heavy (non-hydrogen) atoms. The van der Waals surface area contributed by atoms with Crippen molar-refractivity contribution in [2.75, 3.05) is 19.9 Å². The van der Waals surface area contributed by atoms with E-state index >= 15 is 0 Å². The number of carbonyl (C=O) groups is 4. The highest BCUT2D eigenvalue weighted by molar-refractivity contribution is 6.02. The van der Waals surface area contributed by atoms with Crippen LogP contribution in [-0.4, -0.2) is 54.3 Å². The molecule has 1 N–H and O–H groups in total. The lowest BCUT2D eigenvalue weighted by atomic mass is 9.86. The Balaban J connectivity index is 1.33. The molecule has 0 spiro atoms. The van der Waals surface area contributed by atoms with Crippen LogP contribution in [0.2, 0.25) is 0 Å². The van der Waals surface area contributed by atoms with Gasteiger partial charge in [0.1, 0.15) is 30.3 Å². The van der Waals surface area contributed by atoms with Crippen molar-refractivity contribution in [1.29, 1.82) is 0 Å². The zero-order valence-electron chi connectivity index (χ0n) is 25.9. The van der Waals surface area contributed by atoms with Gasteiger partial charge in [-0.3, -0.25) is 14.5 Å². The zero-order valence-corrected chi connectivity index (χ0v) is 25.9. The van der Waals surface area contributed by atoms with Gasteiger partial charge in [0.25, 0.3) is 0 Å². The largest absolute Gasteiger partial charge is 0.462 e. The van der Waals surface area contributed by atoms with Gasteiger partial charge >= 0.3 is 12.1 Å². The molecule has 3 amide bonds. The highest BCUT2D eigenvalue weighted by atomic mass is 16.7. The number of benzene rings is 4. The third-order valence-corrected chi connectivity index (χ3v) is 8.15. The number of hydrogen-bond donors (Lipinski definition) is 1. The second kappa shape index (κ2) is 13.8. The Hall–Kier alpha value is -5.64. The number of rotatable bonds is 11. The van der Waals surface area contributed by atoms with E-state index in [9.17, 15) is 19.2 Å². The number of fused-ring (bicyclic) bond motifs is 4. The van der Waals surface area contributed by atoms with Gasteiger partial charge in [0.2, 0.25) is 18.6 Å². The van der Waals surface area contributed by atoms with Crippen molar-refractivity contribution in [1.82, 2.24) is 10.2 Å². The van der Waals surface area contributed by atoms with Crippen molar-refractivity contribution in [3.05, 3.63) is 108 Å². The maximum Gasteiger partial charge on any atom is 0.408 e. The summed E-state index contributed by atoms with van der Waals surface area (Å²) < 4.78 is 23.4. The molecule has 1 atom stereocenters. The standard InChI is InChI=1S/C37H34N2O8/c1-37(38-36(43)45-23-25-11-5-2-6-12-25,35(42)44-20-19-39-30(40)17-18-31(39)41)22-28-21-29-32(26-13-7-3-8-14-26)33(34(28)47-24-46-29)27-15-9-4-10-16-27/h2-16,21H,17-20,22-24H2,1H3,(H,38,43)/t37-/m0/s1. The van der Waals surface area contributed by atoms with E-state index in [4.69, 9.17) is 18.9 Å². The van der Waals surface area contributed by atoms with Crippen LogP contribution in [0.4, 0.5) is 4.79 Å². The molecule has 0 saturated carbocycles. The number of carbonyl (C=O) groups excluding carboxylic acids is 4.